The molecule has 0 radical (unpaired) electrons. The normalized spacial score (nSPS) is 18.5. The summed E-state index contributed by atoms with van der Waals surface area (Å²) in [5, 5.41) is 23.7. The number of nitrogens with one attached hydrogen (secondary N) is 5. The number of anilines is 1. The fourth-order valence-corrected chi connectivity index (χ4v) is 5.22. The minimum Gasteiger partial charge on any atom is -1.00 e. The van der Waals surface area contributed by atoms with E-state index in [1.54, 1.807) is 69.3 Å². The van der Waals surface area contributed by atoms with Crippen molar-refractivity contribution in [1.82, 2.24) is 21.3 Å². The van der Waals surface area contributed by atoms with E-state index in [9.17, 15) is 29.1 Å². The van der Waals surface area contributed by atoms with Gasteiger partial charge in [-0.1, -0.05) is 46.2 Å². The maximum Gasteiger partial charge on any atom is 0.326 e. The number of quaternary nitrogens is 1. The molecule has 2 aliphatic rings. The average Bonchev–Trinajstić information content (AvgIpc) is 3.09. The number of carbonyl (C=O) groups is 5. The Morgan fingerprint density at radius 1 is 1.00 bits per heavy atom. The van der Waals surface area contributed by atoms with Crippen molar-refractivity contribution in [2.45, 2.75) is 90.5 Å². The molecular formula is C36H53ClN6O8. The van der Waals surface area contributed by atoms with Crippen LogP contribution in [0.5, 0.6) is 11.5 Å². The summed E-state index contributed by atoms with van der Waals surface area (Å²) >= 11 is 0. The standard InChI is InChI=1S/C36H52N6O8.ClH/c1-5-23(4)31(36(47)48)41-35(46)32(38-25-12-16-27(17-13-25)50-20-8-18-37)42-33(44)28-21-24-10-14-26(15-11-24)49-19-7-6-9-29(43)40-30(22(2)3)34(45)39-28;/h10-17,22-23,28,30-32,38H,5-9,18-21,37H2,1-4H3,(H,39,45)(H,40,43)(H,41,46)(H,42,44)(H,47,48);1H/t23-,28-,30-,31-,32?;/m0./s1. The molecular weight excluding hydrogens is 680 g/mol. The summed E-state index contributed by atoms with van der Waals surface area (Å²) in [4.78, 5) is 66.2. The Hall–Kier alpha value is -4.56. The van der Waals surface area contributed by atoms with Crippen LogP contribution in [0.3, 0.4) is 0 Å². The van der Waals surface area contributed by atoms with Crippen LogP contribution in [0, 0.1) is 11.8 Å². The van der Waals surface area contributed by atoms with E-state index in [0.717, 1.165) is 13.0 Å². The molecule has 2 aromatic carbocycles. The lowest BCUT2D eigenvalue weighted by atomic mass is 9.99. The maximum atomic E-state index is 14.0. The minimum absolute atomic E-state index is 0. The summed E-state index contributed by atoms with van der Waals surface area (Å²) in [6.45, 7) is 8.77. The number of rotatable bonds is 14. The topological polar surface area (TPSA) is 212 Å². The molecule has 2 heterocycles. The fourth-order valence-electron chi connectivity index (χ4n) is 5.22. The molecule has 4 rings (SSSR count). The van der Waals surface area contributed by atoms with E-state index in [1.165, 1.54) is 0 Å². The number of halogens is 1. The number of hydrogen-bond acceptors (Lipinski definition) is 8. The maximum absolute atomic E-state index is 14.0. The van der Waals surface area contributed by atoms with Crippen LogP contribution in [0.2, 0.25) is 0 Å². The molecule has 9 N–H and O–H groups in total. The number of hydrogen-bond donors (Lipinski definition) is 7. The number of carbonyl (C=O) groups excluding carboxylic acids is 4. The average molecular weight is 733 g/mol. The highest BCUT2D eigenvalue weighted by molar-refractivity contribution is 5.96. The molecule has 0 fully saturated rings. The van der Waals surface area contributed by atoms with E-state index in [0.29, 0.717) is 55.2 Å². The number of benzene rings is 2. The molecule has 15 heteroatoms. The third-order valence-corrected chi connectivity index (χ3v) is 8.48. The largest absolute Gasteiger partial charge is 1.00 e. The zero-order valence-corrected chi connectivity index (χ0v) is 30.6. The van der Waals surface area contributed by atoms with Crippen molar-refractivity contribution in [1.29, 1.82) is 0 Å². The van der Waals surface area contributed by atoms with Crippen molar-refractivity contribution in [3.05, 3.63) is 54.1 Å². The van der Waals surface area contributed by atoms with Gasteiger partial charge in [0.25, 0.3) is 5.91 Å². The monoisotopic (exact) mass is 732 g/mol. The molecule has 51 heavy (non-hydrogen) atoms. The van der Waals surface area contributed by atoms with E-state index in [-0.39, 0.29) is 37.1 Å². The fraction of sp³-hybridized carbons (Fsp3) is 0.528. The van der Waals surface area contributed by atoms with Crippen LogP contribution >= 0.6 is 0 Å². The van der Waals surface area contributed by atoms with Crippen LogP contribution < -0.4 is 54.2 Å². The smallest absolute Gasteiger partial charge is 0.326 e. The van der Waals surface area contributed by atoms with E-state index in [2.05, 4.69) is 32.3 Å². The molecule has 1 unspecified atom stereocenters. The zero-order chi connectivity index (χ0) is 36.6. The van der Waals surface area contributed by atoms with Gasteiger partial charge in [0.1, 0.15) is 29.6 Å². The SMILES string of the molecule is CC[C@H](C)[C@H](NC(=O)C(NC(=O)[C@@H]1Cc2ccc(cc2)OCCCCC(=O)N[C@@H](C(C)C)C(=O)N1)Nc1ccc(OCCC[NH3+])cc1)C(=O)O.[Cl-]. The molecule has 14 nitrogen and oxygen atoms in total. The van der Waals surface area contributed by atoms with Gasteiger partial charge in [-0.15, -0.1) is 0 Å². The third-order valence-electron chi connectivity index (χ3n) is 8.48. The summed E-state index contributed by atoms with van der Waals surface area (Å²) in [6.07, 6.45) is 1.34. The second kappa shape index (κ2) is 21.6. The Morgan fingerprint density at radius 2 is 1.69 bits per heavy atom. The van der Waals surface area contributed by atoms with Gasteiger partial charge in [-0.2, -0.15) is 0 Å². The highest BCUT2D eigenvalue weighted by Gasteiger charge is 2.33. The summed E-state index contributed by atoms with van der Waals surface area (Å²) in [5.74, 6) is -2.98. The minimum atomic E-state index is -1.43. The highest BCUT2D eigenvalue weighted by atomic mass is 35.5. The molecule has 0 aliphatic carbocycles. The second-order valence-corrected chi connectivity index (χ2v) is 12.9. The lowest BCUT2D eigenvalue weighted by molar-refractivity contribution is -0.368. The molecule has 0 aromatic heterocycles. The van der Waals surface area contributed by atoms with Gasteiger partial charge in [-0.05, 0) is 66.6 Å². The summed E-state index contributed by atoms with van der Waals surface area (Å²) in [7, 11) is 0. The van der Waals surface area contributed by atoms with Crippen molar-refractivity contribution >= 4 is 35.3 Å². The summed E-state index contributed by atoms with van der Waals surface area (Å²) in [6, 6.07) is 10.6. The van der Waals surface area contributed by atoms with Crippen molar-refractivity contribution in [2.24, 2.45) is 11.8 Å². The van der Waals surface area contributed by atoms with Gasteiger partial charge in [0.15, 0.2) is 6.17 Å². The first-order valence-corrected chi connectivity index (χ1v) is 17.4. The van der Waals surface area contributed by atoms with Gasteiger partial charge in [0.2, 0.25) is 17.7 Å². The molecule has 282 valence electrons. The van der Waals surface area contributed by atoms with Crippen molar-refractivity contribution < 1.29 is 56.7 Å². The molecule has 2 aromatic rings. The van der Waals surface area contributed by atoms with E-state index in [4.69, 9.17) is 9.47 Å². The first-order chi connectivity index (χ1) is 23.9. The van der Waals surface area contributed by atoms with Gasteiger partial charge < -0.3 is 59.3 Å². The van der Waals surface area contributed by atoms with Gasteiger partial charge >= 0.3 is 5.97 Å². The lowest BCUT2D eigenvalue weighted by Gasteiger charge is -2.28. The molecule has 2 aliphatic heterocycles. The van der Waals surface area contributed by atoms with Crippen molar-refractivity contribution in [2.75, 3.05) is 25.1 Å². The van der Waals surface area contributed by atoms with E-state index in [1.807, 2.05) is 6.92 Å². The van der Waals surface area contributed by atoms with Crippen molar-refractivity contribution in [3.8, 4) is 11.5 Å². The Bertz CT molecular complexity index is 1430. The Kier molecular flexibility index (Phi) is 18.1. The van der Waals surface area contributed by atoms with Crippen LogP contribution in [0.4, 0.5) is 5.69 Å². The third kappa shape index (κ3) is 13.9. The number of aliphatic carboxylic acids is 1. The highest BCUT2D eigenvalue weighted by Crippen LogP contribution is 2.18. The Morgan fingerprint density at radius 3 is 2.29 bits per heavy atom. The predicted molar refractivity (Wildman–Crippen MR) is 187 cm³/mol. The number of ether oxygens (including phenoxy) is 2. The lowest BCUT2D eigenvalue weighted by Crippen LogP contribution is -3.00. The van der Waals surface area contributed by atoms with Crippen LogP contribution in [-0.2, 0) is 30.4 Å². The number of fused-ring (bicyclic) bond motifs is 13. The Labute approximate surface area is 305 Å². The molecule has 5 atom stereocenters. The van der Waals surface area contributed by atoms with E-state index >= 15 is 0 Å². The van der Waals surface area contributed by atoms with E-state index < -0.39 is 53.9 Å². The van der Waals surface area contributed by atoms with Crippen molar-refractivity contribution in [3.63, 3.8) is 0 Å². The van der Waals surface area contributed by atoms with Gasteiger partial charge in [-0.25, -0.2) is 4.79 Å². The van der Waals surface area contributed by atoms with Crippen LogP contribution in [0.25, 0.3) is 0 Å². The molecule has 0 saturated heterocycles. The first-order valence-electron chi connectivity index (χ1n) is 17.4. The first kappa shape index (κ1) is 42.6. The summed E-state index contributed by atoms with van der Waals surface area (Å²) in [5.41, 5.74) is 4.96. The number of carboxylic acids is 1. The summed E-state index contributed by atoms with van der Waals surface area (Å²) < 4.78 is 11.5. The van der Waals surface area contributed by atoms with Crippen LogP contribution in [0.15, 0.2) is 48.5 Å². The predicted octanol–water partition coefficient (Wildman–Crippen LogP) is -1.40. The van der Waals surface area contributed by atoms with Crippen LogP contribution in [0.1, 0.15) is 65.4 Å². The van der Waals surface area contributed by atoms with Crippen LogP contribution in [-0.4, -0.2) is 78.8 Å². The number of carboxylic acid groups (broad SMARTS) is 1. The molecule has 4 amide bonds. The molecule has 0 spiro atoms. The molecule has 0 saturated carbocycles. The Balaban J connectivity index is 0.00000901. The second-order valence-electron chi connectivity index (χ2n) is 12.9. The number of amides is 4. The van der Waals surface area contributed by atoms with Gasteiger partial charge in [-0.3, -0.25) is 19.2 Å². The van der Waals surface area contributed by atoms with Gasteiger partial charge in [0, 0.05) is 24.9 Å². The molecule has 2 bridgehead atoms. The van der Waals surface area contributed by atoms with Gasteiger partial charge in [0.05, 0.1) is 19.8 Å². The quantitative estimate of drug-likeness (QED) is 0.0899. The zero-order valence-electron chi connectivity index (χ0n) is 29.8.